The third-order valence-electron chi connectivity index (χ3n) is 5.04. The maximum absolute atomic E-state index is 4.15. The molecule has 0 N–H and O–H groups in total. The van der Waals surface area contributed by atoms with E-state index >= 15 is 0 Å². The first kappa shape index (κ1) is 30.9. The lowest BCUT2D eigenvalue weighted by atomic mass is 10.3. The van der Waals surface area contributed by atoms with E-state index in [1.165, 1.54) is 17.6 Å². The molecule has 0 aliphatic rings. The van der Waals surface area contributed by atoms with Gasteiger partial charge in [0.2, 0.25) is 0 Å². The zero-order valence-electron chi connectivity index (χ0n) is 23.3. The highest BCUT2D eigenvalue weighted by Gasteiger charge is 1.97. The van der Waals surface area contributed by atoms with E-state index in [9.17, 15) is 0 Å². The number of hydrogen-bond donors (Lipinski definition) is 0. The topological polar surface area (TPSA) is 115 Å². The van der Waals surface area contributed by atoms with E-state index in [0.717, 1.165) is 32.7 Å². The summed E-state index contributed by atoms with van der Waals surface area (Å²) in [6.07, 6.45) is 17.9. The summed E-state index contributed by atoms with van der Waals surface area (Å²) in [5.74, 6) is 0. The molecule has 0 unspecified atom stereocenters. The zero-order valence-corrected chi connectivity index (χ0v) is 23.3. The Hall–Kier alpha value is -4.09. The number of nitrogens with zero attached hydrogens (tertiary/aromatic N) is 12. The third kappa shape index (κ3) is 13.0. The van der Waals surface area contributed by atoms with Crippen molar-refractivity contribution in [3.8, 4) is 0 Å². The van der Waals surface area contributed by atoms with Gasteiger partial charge in [-0.3, -0.25) is 18.7 Å². The fourth-order valence-electron chi connectivity index (χ4n) is 2.62. The van der Waals surface area contributed by atoms with Crippen LogP contribution in [0.3, 0.4) is 0 Å². The van der Waals surface area contributed by atoms with Gasteiger partial charge >= 0.3 is 0 Å². The van der Waals surface area contributed by atoms with Crippen LogP contribution in [0.1, 0.15) is 45.9 Å². The summed E-state index contributed by atoms with van der Waals surface area (Å²) in [7, 11) is 0. The Kier molecular flexibility index (Phi) is 16.0. The monoisotopic (exact) mass is 510 g/mol. The fourth-order valence-corrected chi connectivity index (χ4v) is 2.62. The van der Waals surface area contributed by atoms with Crippen LogP contribution in [0.2, 0.25) is 0 Å². The number of aromatic nitrogens is 12. The number of aryl methyl sites for hydroxylation is 6. The second kappa shape index (κ2) is 19.1. The van der Waals surface area contributed by atoms with Crippen LogP contribution in [0.4, 0.5) is 0 Å². The van der Waals surface area contributed by atoms with Crippen molar-refractivity contribution in [1.82, 2.24) is 58.9 Å². The summed E-state index contributed by atoms with van der Waals surface area (Å²) in [5, 5.41) is 19.2. The molecule has 5 aromatic rings. The van der Waals surface area contributed by atoms with E-state index in [-0.39, 0.29) is 0 Å². The first-order chi connectivity index (χ1) is 18.0. The molecule has 0 radical (unpaired) electrons. The Morgan fingerprint density at radius 1 is 0.649 bits per heavy atom. The Bertz CT molecular complexity index is 972. The smallest absolute Gasteiger partial charge is 0.137 e. The van der Waals surface area contributed by atoms with Gasteiger partial charge in [0.05, 0.1) is 18.7 Å². The molecule has 0 aromatic carbocycles. The summed E-state index contributed by atoms with van der Waals surface area (Å²) >= 11 is 0. The molecule has 37 heavy (non-hydrogen) atoms. The van der Waals surface area contributed by atoms with Crippen LogP contribution >= 0.6 is 0 Å². The summed E-state index contributed by atoms with van der Waals surface area (Å²) in [4.78, 5) is 7.60. The molecule has 0 bridgehead atoms. The first-order valence-electron chi connectivity index (χ1n) is 12.6. The predicted octanol–water partition coefficient (Wildman–Crippen LogP) is 3.92. The fraction of sp³-hybridized carbons (Fsp3) is 0.480. The Morgan fingerprint density at radius 3 is 1.68 bits per heavy atom. The van der Waals surface area contributed by atoms with Crippen molar-refractivity contribution in [3.63, 3.8) is 0 Å². The molecule has 12 nitrogen and oxygen atoms in total. The van der Waals surface area contributed by atoms with Crippen LogP contribution in [0.25, 0.3) is 0 Å². The van der Waals surface area contributed by atoms with Gasteiger partial charge in [0, 0.05) is 69.4 Å². The third-order valence-corrected chi connectivity index (χ3v) is 5.04. The van der Waals surface area contributed by atoms with Crippen molar-refractivity contribution in [2.45, 2.75) is 81.2 Å². The van der Waals surface area contributed by atoms with Crippen LogP contribution in [0, 0.1) is 13.8 Å². The van der Waals surface area contributed by atoms with Crippen LogP contribution in [0.15, 0.2) is 68.4 Å². The molecular weight excluding hydrogens is 468 g/mol. The van der Waals surface area contributed by atoms with Gasteiger partial charge in [-0.2, -0.15) is 15.3 Å². The molecule has 12 heteroatoms. The molecule has 5 aromatic heterocycles. The van der Waals surface area contributed by atoms with Crippen molar-refractivity contribution in [2.24, 2.45) is 0 Å². The second-order valence-corrected chi connectivity index (χ2v) is 7.49. The summed E-state index contributed by atoms with van der Waals surface area (Å²) < 4.78 is 9.41. The lowest BCUT2D eigenvalue weighted by molar-refractivity contribution is 0.627. The minimum Gasteiger partial charge on any atom is -0.338 e. The maximum Gasteiger partial charge on any atom is 0.137 e. The summed E-state index contributed by atoms with van der Waals surface area (Å²) in [6, 6.07) is 1.92. The van der Waals surface area contributed by atoms with E-state index in [1.807, 2.05) is 58.6 Å². The van der Waals surface area contributed by atoms with Crippen molar-refractivity contribution < 1.29 is 0 Å². The van der Waals surface area contributed by atoms with Gasteiger partial charge < -0.3 is 4.57 Å². The molecule has 0 aliphatic heterocycles. The maximum atomic E-state index is 4.15. The number of hydrogen-bond acceptors (Lipinski definition) is 7. The molecular formula is C25H42N12. The zero-order chi connectivity index (χ0) is 27.3. The normalized spacial score (nSPS) is 9.49. The van der Waals surface area contributed by atoms with Crippen molar-refractivity contribution in [3.05, 3.63) is 79.7 Å². The SMILES string of the molecule is CCn1cccn1.CCn1ccnc1.CCn1ccnn1.CCn1cncn1.CCn1ncc(C)c1C. The number of imidazole rings is 1. The van der Waals surface area contributed by atoms with Gasteiger partial charge in [-0.25, -0.2) is 9.97 Å². The first-order valence-corrected chi connectivity index (χ1v) is 12.6. The van der Waals surface area contributed by atoms with Gasteiger partial charge in [0.1, 0.15) is 12.7 Å². The van der Waals surface area contributed by atoms with Gasteiger partial charge in [0.15, 0.2) is 0 Å². The second-order valence-electron chi connectivity index (χ2n) is 7.49. The van der Waals surface area contributed by atoms with Gasteiger partial charge in [-0.05, 0) is 60.1 Å². The van der Waals surface area contributed by atoms with Crippen LogP contribution in [-0.2, 0) is 32.7 Å². The highest BCUT2D eigenvalue weighted by Crippen LogP contribution is 2.03. The van der Waals surface area contributed by atoms with E-state index in [1.54, 1.807) is 40.6 Å². The molecule has 0 amide bonds. The molecule has 0 spiro atoms. The Morgan fingerprint density at radius 2 is 1.41 bits per heavy atom. The Balaban J connectivity index is 0.000000232. The molecule has 5 rings (SSSR count). The van der Waals surface area contributed by atoms with E-state index in [4.69, 9.17) is 0 Å². The predicted molar refractivity (Wildman–Crippen MR) is 145 cm³/mol. The van der Waals surface area contributed by atoms with Crippen LogP contribution in [-0.4, -0.2) is 58.9 Å². The molecule has 0 fully saturated rings. The lowest BCUT2D eigenvalue weighted by Crippen LogP contribution is -1.98. The quantitative estimate of drug-likeness (QED) is 0.352. The van der Waals surface area contributed by atoms with E-state index in [2.05, 4.69) is 70.2 Å². The minimum atomic E-state index is 0.903. The molecule has 202 valence electrons. The standard InChI is InChI=1S/C7H12N2.2C5H8N2.2C4H7N3/c1-4-9-7(3)6(2)5-8-9;1-2-7-4-3-6-5-7;1-2-7-5-3-4-6-7;1-2-7-4-5-3-6-7;1-2-7-4-3-5-6-7/h5H,4H2,1-3H3;2*3-5H,2H2,1H3;2*3-4H,2H2,1H3. The van der Waals surface area contributed by atoms with Gasteiger partial charge in [0.25, 0.3) is 0 Å². The van der Waals surface area contributed by atoms with Crippen LogP contribution < -0.4 is 0 Å². The van der Waals surface area contributed by atoms with Crippen molar-refractivity contribution in [1.29, 1.82) is 0 Å². The Labute approximate surface area is 220 Å². The van der Waals surface area contributed by atoms with E-state index < -0.39 is 0 Å². The van der Waals surface area contributed by atoms with Crippen molar-refractivity contribution in [2.75, 3.05) is 0 Å². The summed E-state index contributed by atoms with van der Waals surface area (Å²) in [6.45, 7) is 19.2. The summed E-state index contributed by atoms with van der Waals surface area (Å²) in [5.41, 5.74) is 2.55. The van der Waals surface area contributed by atoms with Crippen molar-refractivity contribution >= 4 is 0 Å². The lowest BCUT2D eigenvalue weighted by Gasteiger charge is -1.97. The van der Waals surface area contributed by atoms with E-state index in [0.29, 0.717) is 0 Å². The van der Waals surface area contributed by atoms with Crippen LogP contribution in [0.5, 0.6) is 0 Å². The molecule has 0 atom stereocenters. The molecule has 0 saturated heterocycles. The highest BCUT2D eigenvalue weighted by atomic mass is 15.4. The molecule has 0 aliphatic carbocycles. The molecule has 0 saturated carbocycles. The van der Waals surface area contributed by atoms with Gasteiger partial charge in [-0.1, -0.05) is 5.21 Å². The van der Waals surface area contributed by atoms with Gasteiger partial charge in [-0.15, -0.1) is 5.10 Å². The highest BCUT2D eigenvalue weighted by molar-refractivity contribution is 5.12. The largest absolute Gasteiger partial charge is 0.338 e. The molecule has 5 heterocycles. The number of rotatable bonds is 5. The average Bonchev–Trinajstić information content (AvgIpc) is 3.78. The minimum absolute atomic E-state index is 0.903. The average molecular weight is 511 g/mol.